The summed E-state index contributed by atoms with van der Waals surface area (Å²) in [6.07, 6.45) is 9.05. The molecule has 0 atom stereocenters. The molecule has 2 N–H and O–H groups in total. The Morgan fingerprint density at radius 3 is 2.37 bits per heavy atom. The van der Waals surface area contributed by atoms with E-state index in [0.29, 0.717) is 16.5 Å². The van der Waals surface area contributed by atoms with Crippen molar-refractivity contribution in [1.29, 1.82) is 0 Å². The van der Waals surface area contributed by atoms with Gasteiger partial charge in [0.25, 0.3) is 0 Å². The Kier molecular flexibility index (Phi) is 9.17. The first-order chi connectivity index (χ1) is 18.0. The summed E-state index contributed by atoms with van der Waals surface area (Å²) in [5.74, 6) is 6.06. The molecule has 2 heterocycles. The average molecular weight is 557 g/mol. The quantitative estimate of drug-likeness (QED) is 0.303. The van der Waals surface area contributed by atoms with E-state index in [4.69, 9.17) is 0 Å². The SMILES string of the molecule is CC1CCC(C(=O)N(c2cc(C#CC(C)(C)C)sc2C(=O)O)C2CCC(NN(C)c3nccs3)CC2)CC1. The first kappa shape index (κ1) is 28.6. The average Bonchev–Trinajstić information content (AvgIpc) is 3.55. The predicted molar refractivity (Wildman–Crippen MR) is 156 cm³/mol. The number of aromatic carboxylic acids is 1. The van der Waals surface area contributed by atoms with Crippen LogP contribution >= 0.6 is 22.7 Å². The van der Waals surface area contributed by atoms with E-state index in [1.807, 2.05) is 49.2 Å². The van der Waals surface area contributed by atoms with Gasteiger partial charge in [0.1, 0.15) is 4.88 Å². The van der Waals surface area contributed by atoms with Crippen LogP contribution in [0.3, 0.4) is 0 Å². The number of carboxylic acids is 1. The van der Waals surface area contributed by atoms with Gasteiger partial charge in [-0.25, -0.2) is 15.2 Å². The molecule has 4 rings (SSSR count). The number of hydrogen-bond acceptors (Lipinski definition) is 7. The fourth-order valence-corrected chi connectivity index (χ4v) is 6.81. The minimum absolute atomic E-state index is 0.0267. The molecule has 0 spiro atoms. The smallest absolute Gasteiger partial charge is 0.348 e. The zero-order valence-corrected chi connectivity index (χ0v) is 24.8. The molecule has 2 aliphatic rings. The molecule has 2 aromatic heterocycles. The van der Waals surface area contributed by atoms with E-state index in [1.165, 1.54) is 11.3 Å². The molecule has 206 valence electrons. The second kappa shape index (κ2) is 12.2. The Balaban J connectivity index is 1.59. The van der Waals surface area contributed by atoms with Gasteiger partial charge < -0.3 is 10.0 Å². The molecule has 2 aliphatic carbocycles. The molecular formula is C29H40N4O3S2. The molecule has 2 fully saturated rings. The number of aromatic nitrogens is 1. The largest absolute Gasteiger partial charge is 0.477 e. The molecule has 2 aromatic rings. The van der Waals surface area contributed by atoms with Gasteiger partial charge in [-0.3, -0.25) is 9.80 Å². The van der Waals surface area contributed by atoms with Gasteiger partial charge >= 0.3 is 5.97 Å². The third-order valence-corrected chi connectivity index (χ3v) is 9.35. The van der Waals surface area contributed by atoms with Crippen molar-refractivity contribution in [2.24, 2.45) is 17.3 Å². The molecule has 0 aliphatic heterocycles. The lowest BCUT2D eigenvalue weighted by Gasteiger charge is -2.40. The summed E-state index contributed by atoms with van der Waals surface area (Å²) in [6.45, 7) is 8.35. The summed E-state index contributed by atoms with van der Waals surface area (Å²) in [4.78, 5) is 33.6. The molecule has 0 bridgehead atoms. The number of amides is 1. The summed E-state index contributed by atoms with van der Waals surface area (Å²) < 4.78 is 0. The number of nitrogens with zero attached hydrogens (tertiary/aromatic N) is 3. The minimum atomic E-state index is -0.996. The zero-order valence-electron chi connectivity index (χ0n) is 23.1. The summed E-state index contributed by atoms with van der Waals surface area (Å²) in [5.41, 5.74) is 3.88. The monoisotopic (exact) mass is 556 g/mol. The highest BCUT2D eigenvalue weighted by molar-refractivity contribution is 7.15. The number of carboxylic acid groups (broad SMARTS) is 1. The van der Waals surface area contributed by atoms with Crippen LogP contribution in [0.25, 0.3) is 0 Å². The molecule has 1 amide bonds. The number of anilines is 2. The minimum Gasteiger partial charge on any atom is -0.477 e. The van der Waals surface area contributed by atoms with Crippen LogP contribution in [-0.4, -0.2) is 41.1 Å². The van der Waals surface area contributed by atoms with Gasteiger partial charge in [0.2, 0.25) is 5.91 Å². The van der Waals surface area contributed by atoms with Crippen LogP contribution in [0.15, 0.2) is 17.6 Å². The number of carbonyl (C=O) groups is 2. The van der Waals surface area contributed by atoms with E-state index in [-0.39, 0.29) is 34.2 Å². The third-order valence-electron chi connectivity index (χ3n) is 7.47. The van der Waals surface area contributed by atoms with Crippen molar-refractivity contribution in [3.05, 3.63) is 27.4 Å². The standard InChI is InChI=1S/C29H40N4O3S2/c1-19-6-8-20(9-7-19)26(34)33(24-18-23(14-15-29(2,3)4)38-25(24)27(35)36)22-12-10-21(11-13-22)31-32(5)28-30-16-17-37-28/h16-22,31H,6-13H2,1-5H3,(H,35,36). The zero-order chi connectivity index (χ0) is 27.4. The van der Waals surface area contributed by atoms with Crippen LogP contribution in [0.5, 0.6) is 0 Å². The molecule has 7 nitrogen and oxygen atoms in total. The highest BCUT2D eigenvalue weighted by Crippen LogP contribution is 2.39. The summed E-state index contributed by atoms with van der Waals surface area (Å²) >= 11 is 2.77. The van der Waals surface area contributed by atoms with Gasteiger partial charge in [-0.1, -0.05) is 18.8 Å². The Hall–Kier alpha value is -2.41. The maximum atomic E-state index is 14.1. The first-order valence-corrected chi connectivity index (χ1v) is 15.3. The van der Waals surface area contributed by atoms with Crippen LogP contribution in [0, 0.1) is 29.1 Å². The fraction of sp³-hybridized carbons (Fsp3) is 0.621. The van der Waals surface area contributed by atoms with Gasteiger partial charge in [-0.15, -0.1) is 22.7 Å². The summed E-state index contributed by atoms with van der Waals surface area (Å²) in [6, 6.07) is 2.10. The van der Waals surface area contributed by atoms with Gasteiger partial charge in [-0.05, 0) is 84.1 Å². The van der Waals surface area contributed by atoms with E-state index in [1.54, 1.807) is 17.5 Å². The van der Waals surface area contributed by atoms with E-state index in [9.17, 15) is 14.7 Å². The molecular weight excluding hydrogens is 516 g/mol. The Labute approximate surface area is 234 Å². The second-order valence-corrected chi connectivity index (χ2v) is 13.7. The highest BCUT2D eigenvalue weighted by atomic mass is 32.1. The topological polar surface area (TPSA) is 85.8 Å². The number of rotatable bonds is 7. The van der Waals surface area contributed by atoms with Crippen molar-refractivity contribution >= 4 is 45.4 Å². The van der Waals surface area contributed by atoms with Crippen LogP contribution < -0.4 is 15.3 Å². The van der Waals surface area contributed by atoms with Crippen LogP contribution in [0.1, 0.15) is 93.6 Å². The number of thiazole rings is 1. The predicted octanol–water partition coefficient (Wildman–Crippen LogP) is 6.41. The lowest BCUT2D eigenvalue weighted by Crippen LogP contribution is -2.50. The van der Waals surface area contributed by atoms with Crippen molar-refractivity contribution in [1.82, 2.24) is 10.4 Å². The van der Waals surface area contributed by atoms with Crippen molar-refractivity contribution in [3.63, 3.8) is 0 Å². The van der Waals surface area contributed by atoms with E-state index < -0.39 is 5.97 Å². The first-order valence-electron chi connectivity index (χ1n) is 13.6. The third kappa shape index (κ3) is 7.16. The maximum Gasteiger partial charge on any atom is 0.348 e. The Bertz CT molecular complexity index is 1160. The van der Waals surface area contributed by atoms with Crippen molar-refractivity contribution in [3.8, 4) is 11.8 Å². The van der Waals surface area contributed by atoms with E-state index >= 15 is 0 Å². The number of hydrogen-bond donors (Lipinski definition) is 2. The molecule has 0 aromatic carbocycles. The fourth-order valence-electron chi connectivity index (χ4n) is 5.40. The van der Waals surface area contributed by atoms with Crippen LogP contribution in [-0.2, 0) is 4.79 Å². The number of nitrogens with one attached hydrogen (secondary N) is 1. The number of carbonyl (C=O) groups excluding carboxylic acids is 1. The van der Waals surface area contributed by atoms with Crippen molar-refractivity contribution in [2.75, 3.05) is 17.0 Å². The molecule has 9 heteroatoms. The van der Waals surface area contributed by atoms with Gasteiger partial charge in [0.05, 0.1) is 10.6 Å². The second-order valence-electron chi connectivity index (χ2n) is 11.8. The van der Waals surface area contributed by atoms with E-state index in [2.05, 4.69) is 29.2 Å². The molecule has 0 radical (unpaired) electrons. The highest BCUT2D eigenvalue weighted by Gasteiger charge is 2.37. The molecule has 2 saturated carbocycles. The van der Waals surface area contributed by atoms with Gasteiger partial charge in [0.15, 0.2) is 5.13 Å². The lowest BCUT2D eigenvalue weighted by atomic mass is 9.81. The van der Waals surface area contributed by atoms with Gasteiger partial charge in [-0.2, -0.15) is 0 Å². The van der Waals surface area contributed by atoms with Gasteiger partial charge in [0, 0.05) is 42.0 Å². The van der Waals surface area contributed by atoms with Crippen molar-refractivity contribution in [2.45, 2.75) is 91.1 Å². The molecule has 0 saturated heterocycles. The van der Waals surface area contributed by atoms with Crippen LogP contribution in [0.2, 0.25) is 0 Å². The lowest BCUT2D eigenvalue weighted by molar-refractivity contribution is -0.124. The summed E-state index contributed by atoms with van der Waals surface area (Å²) in [7, 11) is 1.98. The normalized spacial score (nSPS) is 23.8. The number of hydrazine groups is 1. The molecule has 0 unspecified atom stereocenters. The van der Waals surface area contributed by atoms with E-state index in [0.717, 1.165) is 56.5 Å². The Morgan fingerprint density at radius 1 is 1.11 bits per heavy atom. The number of thiophene rings is 1. The Morgan fingerprint density at radius 2 is 1.79 bits per heavy atom. The van der Waals surface area contributed by atoms with Crippen LogP contribution in [0.4, 0.5) is 10.8 Å². The molecule has 38 heavy (non-hydrogen) atoms. The maximum absolute atomic E-state index is 14.1. The van der Waals surface area contributed by atoms with Crippen molar-refractivity contribution < 1.29 is 14.7 Å². The summed E-state index contributed by atoms with van der Waals surface area (Å²) in [5, 5.41) is 15.0.